The zero-order chi connectivity index (χ0) is 18.4. The average Bonchev–Trinajstić information content (AvgIpc) is 2.98. The van der Waals surface area contributed by atoms with Gasteiger partial charge in [-0.25, -0.2) is 9.97 Å². The SMILES string of the molecule is CC(=O)N(Cc1cncnc1)[C@@H]1CCCN(Cc2ccc(C#N)s2)CC1. The van der Waals surface area contributed by atoms with Crippen LogP contribution < -0.4 is 0 Å². The van der Waals surface area contributed by atoms with Gasteiger partial charge in [0.1, 0.15) is 17.3 Å². The molecule has 3 rings (SSSR count). The van der Waals surface area contributed by atoms with E-state index in [-0.39, 0.29) is 11.9 Å². The molecule has 2 aromatic heterocycles. The van der Waals surface area contributed by atoms with E-state index in [1.165, 1.54) is 11.2 Å². The molecule has 7 heteroatoms. The summed E-state index contributed by atoms with van der Waals surface area (Å²) in [6.07, 6.45) is 8.09. The van der Waals surface area contributed by atoms with Gasteiger partial charge in [0.15, 0.2) is 0 Å². The number of carbonyl (C=O) groups excluding carboxylic acids is 1. The maximum Gasteiger partial charge on any atom is 0.219 e. The van der Waals surface area contributed by atoms with Crippen molar-refractivity contribution in [2.24, 2.45) is 0 Å². The summed E-state index contributed by atoms with van der Waals surface area (Å²) in [6, 6.07) is 6.38. The average molecular weight is 369 g/mol. The molecule has 1 aliphatic heterocycles. The predicted molar refractivity (Wildman–Crippen MR) is 100 cm³/mol. The molecule has 1 aliphatic rings. The Kier molecular flexibility index (Phi) is 6.31. The normalized spacial score (nSPS) is 18.1. The first-order valence-electron chi connectivity index (χ1n) is 8.88. The van der Waals surface area contributed by atoms with Crippen LogP contribution in [-0.4, -0.2) is 44.8 Å². The lowest BCUT2D eigenvalue weighted by Crippen LogP contribution is -2.39. The van der Waals surface area contributed by atoms with Crippen LogP contribution in [0.25, 0.3) is 0 Å². The number of aromatic nitrogens is 2. The number of carbonyl (C=O) groups is 1. The van der Waals surface area contributed by atoms with E-state index in [1.54, 1.807) is 30.7 Å². The van der Waals surface area contributed by atoms with Crippen LogP contribution in [0.15, 0.2) is 30.9 Å². The van der Waals surface area contributed by atoms with E-state index in [2.05, 4.69) is 20.9 Å². The van der Waals surface area contributed by atoms with Crippen LogP contribution in [0.5, 0.6) is 0 Å². The van der Waals surface area contributed by atoms with Crippen LogP contribution in [0.3, 0.4) is 0 Å². The lowest BCUT2D eigenvalue weighted by molar-refractivity contribution is -0.132. The van der Waals surface area contributed by atoms with E-state index in [0.29, 0.717) is 6.54 Å². The molecule has 1 atom stereocenters. The van der Waals surface area contributed by atoms with Crippen LogP contribution in [0.1, 0.15) is 41.5 Å². The Labute approximate surface area is 158 Å². The molecule has 0 spiro atoms. The number of hydrogen-bond acceptors (Lipinski definition) is 6. The molecule has 0 N–H and O–H groups in total. The first-order valence-corrected chi connectivity index (χ1v) is 9.69. The summed E-state index contributed by atoms with van der Waals surface area (Å²) in [6.45, 7) is 5.07. The maximum atomic E-state index is 12.2. The summed E-state index contributed by atoms with van der Waals surface area (Å²) in [5.74, 6) is 0.101. The van der Waals surface area contributed by atoms with Gasteiger partial charge in [0, 0.05) is 55.4 Å². The molecule has 6 nitrogen and oxygen atoms in total. The molecule has 0 saturated carbocycles. The van der Waals surface area contributed by atoms with E-state index in [0.717, 1.165) is 49.3 Å². The second-order valence-corrected chi connectivity index (χ2v) is 7.80. The van der Waals surface area contributed by atoms with Crippen LogP contribution in [0.4, 0.5) is 0 Å². The second kappa shape index (κ2) is 8.88. The fourth-order valence-electron chi connectivity index (χ4n) is 3.46. The highest BCUT2D eigenvalue weighted by Gasteiger charge is 2.25. The van der Waals surface area contributed by atoms with Crippen molar-refractivity contribution < 1.29 is 4.79 Å². The summed E-state index contributed by atoms with van der Waals surface area (Å²) < 4.78 is 0. The van der Waals surface area contributed by atoms with Crippen molar-refractivity contribution in [1.82, 2.24) is 19.8 Å². The van der Waals surface area contributed by atoms with E-state index >= 15 is 0 Å². The van der Waals surface area contributed by atoms with Crippen LogP contribution in [0, 0.1) is 11.3 Å². The van der Waals surface area contributed by atoms with E-state index in [1.807, 2.05) is 17.0 Å². The van der Waals surface area contributed by atoms with Gasteiger partial charge in [0.05, 0.1) is 0 Å². The summed E-state index contributed by atoms with van der Waals surface area (Å²) in [5, 5.41) is 8.97. The predicted octanol–water partition coefficient (Wildman–Crippen LogP) is 2.81. The first kappa shape index (κ1) is 18.5. The largest absolute Gasteiger partial charge is 0.335 e. The zero-order valence-electron chi connectivity index (χ0n) is 15.0. The second-order valence-electron chi connectivity index (χ2n) is 6.63. The van der Waals surface area contributed by atoms with Crippen molar-refractivity contribution in [1.29, 1.82) is 5.26 Å². The van der Waals surface area contributed by atoms with Crippen LogP contribution in [0.2, 0.25) is 0 Å². The van der Waals surface area contributed by atoms with E-state index in [4.69, 9.17) is 5.26 Å². The molecule has 3 heterocycles. The standard InChI is InChI=1S/C19H23N5OS/c1-15(25)24(12-16-10-21-14-22-11-16)17-3-2-7-23(8-6-17)13-19-5-4-18(9-20)26-19/h4-5,10-11,14,17H,2-3,6-8,12-13H2,1H3/t17-/m1/s1. The summed E-state index contributed by atoms with van der Waals surface area (Å²) >= 11 is 1.57. The lowest BCUT2D eigenvalue weighted by Gasteiger charge is -2.30. The van der Waals surface area contributed by atoms with Gasteiger partial charge < -0.3 is 4.90 Å². The quantitative estimate of drug-likeness (QED) is 0.810. The topological polar surface area (TPSA) is 73.1 Å². The highest BCUT2D eigenvalue weighted by molar-refractivity contribution is 7.12. The third-order valence-corrected chi connectivity index (χ3v) is 5.73. The number of thiophene rings is 1. The third-order valence-electron chi connectivity index (χ3n) is 4.75. The van der Waals surface area contributed by atoms with Gasteiger partial charge in [-0.15, -0.1) is 11.3 Å². The molecule has 0 aromatic carbocycles. The van der Waals surface area contributed by atoms with Gasteiger partial charge in [-0.1, -0.05) is 0 Å². The highest BCUT2D eigenvalue weighted by atomic mass is 32.1. The van der Waals surface area contributed by atoms with Gasteiger partial charge in [-0.05, 0) is 37.9 Å². The molecular weight excluding hydrogens is 346 g/mol. The van der Waals surface area contributed by atoms with Crippen molar-refractivity contribution in [2.75, 3.05) is 13.1 Å². The molecule has 2 aromatic rings. The molecule has 136 valence electrons. The molecule has 1 saturated heterocycles. The minimum absolute atomic E-state index is 0.101. The first-order chi connectivity index (χ1) is 12.7. The highest BCUT2D eigenvalue weighted by Crippen LogP contribution is 2.22. The summed E-state index contributed by atoms with van der Waals surface area (Å²) in [5.41, 5.74) is 0.964. The van der Waals surface area contributed by atoms with Gasteiger partial charge >= 0.3 is 0 Å². The number of nitriles is 1. The van der Waals surface area contributed by atoms with Crippen molar-refractivity contribution in [3.8, 4) is 6.07 Å². The summed E-state index contributed by atoms with van der Waals surface area (Å²) in [4.78, 5) is 26.7. The number of nitrogens with zero attached hydrogens (tertiary/aromatic N) is 5. The van der Waals surface area contributed by atoms with Crippen LogP contribution >= 0.6 is 11.3 Å². The monoisotopic (exact) mass is 369 g/mol. The van der Waals surface area contributed by atoms with Gasteiger partial charge in [-0.3, -0.25) is 9.69 Å². The zero-order valence-corrected chi connectivity index (χ0v) is 15.8. The fraction of sp³-hybridized carbons (Fsp3) is 0.474. The third kappa shape index (κ3) is 4.87. The van der Waals surface area contributed by atoms with E-state index in [9.17, 15) is 4.79 Å². The molecule has 0 radical (unpaired) electrons. The Bertz CT molecular complexity index is 770. The fourth-order valence-corrected chi connectivity index (χ4v) is 4.30. The molecular formula is C19H23N5OS. The van der Waals surface area contributed by atoms with Crippen molar-refractivity contribution in [2.45, 2.75) is 45.3 Å². The molecule has 0 bridgehead atoms. The Morgan fingerprint density at radius 3 is 2.85 bits per heavy atom. The van der Waals surface area contributed by atoms with Crippen molar-refractivity contribution >= 4 is 17.2 Å². The Morgan fingerprint density at radius 2 is 2.15 bits per heavy atom. The van der Waals surface area contributed by atoms with Gasteiger partial charge in [0.25, 0.3) is 0 Å². The van der Waals surface area contributed by atoms with Crippen molar-refractivity contribution in [3.63, 3.8) is 0 Å². The number of hydrogen-bond donors (Lipinski definition) is 0. The molecule has 1 amide bonds. The Hall–Kier alpha value is -2.30. The van der Waals surface area contributed by atoms with E-state index < -0.39 is 0 Å². The van der Waals surface area contributed by atoms with Gasteiger partial charge in [-0.2, -0.15) is 5.26 Å². The van der Waals surface area contributed by atoms with Crippen molar-refractivity contribution in [3.05, 3.63) is 46.2 Å². The van der Waals surface area contributed by atoms with Gasteiger partial charge in [0.2, 0.25) is 5.91 Å². The minimum Gasteiger partial charge on any atom is -0.335 e. The smallest absolute Gasteiger partial charge is 0.219 e. The Morgan fingerprint density at radius 1 is 1.35 bits per heavy atom. The molecule has 0 aliphatic carbocycles. The molecule has 26 heavy (non-hydrogen) atoms. The van der Waals surface area contributed by atoms with Crippen LogP contribution in [-0.2, 0) is 17.9 Å². The summed E-state index contributed by atoms with van der Waals surface area (Å²) in [7, 11) is 0. The number of likely N-dealkylation sites (tertiary alicyclic amines) is 1. The maximum absolute atomic E-state index is 12.2. The number of rotatable bonds is 5. The Balaban J connectivity index is 1.60. The minimum atomic E-state index is 0.101. The lowest BCUT2D eigenvalue weighted by atomic mass is 10.1. The molecule has 0 unspecified atom stereocenters. The molecule has 1 fully saturated rings. The number of amides is 1.